The Morgan fingerprint density at radius 2 is 2.12 bits per heavy atom. The molecule has 2 aliphatic carbocycles. The van der Waals surface area contributed by atoms with Gasteiger partial charge in [-0.1, -0.05) is 28.1 Å². The van der Waals surface area contributed by atoms with E-state index in [-0.39, 0.29) is 0 Å². The van der Waals surface area contributed by atoms with Crippen molar-refractivity contribution in [2.75, 3.05) is 0 Å². The summed E-state index contributed by atoms with van der Waals surface area (Å²) in [5.41, 5.74) is 3.12. The van der Waals surface area contributed by atoms with Gasteiger partial charge in [0.1, 0.15) is 0 Å². The predicted molar refractivity (Wildman–Crippen MR) is 75.4 cm³/mol. The van der Waals surface area contributed by atoms with Gasteiger partial charge in [0.25, 0.3) is 0 Å². The first-order valence-corrected chi connectivity index (χ1v) is 7.58. The van der Waals surface area contributed by atoms with Crippen molar-refractivity contribution in [3.63, 3.8) is 0 Å². The van der Waals surface area contributed by atoms with E-state index in [4.69, 9.17) is 0 Å². The van der Waals surface area contributed by atoms with E-state index in [0.29, 0.717) is 12.0 Å². The molecule has 1 nitrogen and oxygen atoms in total. The number of aryl methyl sites for hydroxylation is 1. The fourth-order valence-electron chi connectivity index (χ4n) is 3.11. The van der Waals surface area contributed by atoms with Crippen LogP contribution in [0.25, 0.3) is 0 Å². The van der Waals surface area contributed by atoms with Gasteiger partial charge in [-0.15, -0.1) is 0 Å². The fourth-order valence-corrected chi connectivity index (χ4v) is 3.81. The Morgan fingerprint density at radius 3 is 2.88 bits per heavy atom. The van der Waals surface area contributed by atoms with Crippen LogP contribution < -0.4 is 5.32 Å². The zero-order valence-corrected chi connectivity index (χ0v) is 12.0. The lowest BCUT2D eigenvalue weighted by Crippen LogP contribution is -2.35. The smallest absolute Gasteiger partial charge is 0.0213 e. The molecular weight excluding hydrogens is 274 g/mol. The number of hydrogen-bond acceptors (Lipinski definition) is 1. The van der Waals surface area contributed by atoms with Crippen molar-refractivity contribution < 1.29 is 0 Å². The minimum atomic E-state index is 0.611. The first-order valence-electron chi connectivity index (χ1n) is 6.79. The van der Waals surface area contributed by atoms with Gasteiger partial charge in [0.05, 0.1) is 0 Å². The predicted octanol–water partition coefficient (Wildman–Crippen LogP) is 4.01. The van der Waals surface area contributed by atoms with Crippen molar-refractivity contribution in [1.82, 2.24) is 5.32 Å². The highest BCUT2D eigenvalue weighted by atomic mass is 79.9. The van der Waals surface area contributed by atoms with Crippen LogP contribution in [0.15, 0.2) is 22.7 Å². The van der Waals surface area contributed by atoms with Crippen LogP contribution in [0.3, 0.4) is 0 Å². The molecule has 0 bridgehead atoms. The molecule has 1 aromatic carbocycles. The minimum absolute atomic E-state index is 0.611. The van der Waals surface area contributed by atoms with Crippen LogP contribution in [-0.4, -0.2) is 12.1 Å². The van der Waals surface area contributed by atoms with Crippen molar-refractivity contribution in [1.29, 1.82) is 0 Å². The summed E-state index contributed by atoms with van der Waals surface area (Å²) >= 11 is 3.74. The Hall–Kier alpha value is -0.340. The van der Waals surface area contributed by atoms with Crippen molar-refractivity contribution >= 4 is 15.9 Å². The molecule has 3 rings (SSSR count). The van der Waals surface area contributed by atoms with Crippen molar-refractivity contribution in [3.05, 3.63) is 33.8 Å². The second-order valence-corrected chi connectivity index (χ2v) is 6.40. The molecule has 2 atom stereocenters. The first-order chi connectivity index (χ1) is 8.25. The molecular formula is C15H20BrN. The third-order valence-electron chi connectivity index (χ3n) is 4.15. The number of halogens is 1. The van der Waals surface area contributed by atoms with E-state index in [0.717, 1.165) is 6.04 Å². The highest BCUT2D eigenvalue weighted by molar-refractivity contribution is 9.10. The van der Waals surface area contributed by atoms with Gasteiger partial charge >= 0.3 is 0 Å². The molecule has 2 heteroatoms. The molecule has 0 spiro atoms. The van der Waals surface area contributed by atoms with Crippen LogP contribution in [0.1, 0.15) is 49.7 Å². The van der Waals surface area contributed by atoms with Gasteiger partial charge in [-0.05, 0) is 56.2 Å². The van der Waals surface area contributed by atoms with E-state index in [1.807, 2.05) is 0 Å². The van der Waals surface area contributed by atoms with Gasteiger partial charge in [-0.2, -0.15) is 0 Å². The van der Waals surface area contributed by atoms with Crippen molar-refractivity contribution in [2.24, 2.45) is 0 Å². The van der Waals surface area contributed by atoms with E-state index in [1.165, 1.54) is 36.6 Å². The average Bonchev–Trinajstić information content (AvgIpc) is 3.12. The molecule has 92 valence electrons. The minimum Gasteiger partial charge on any atom is -0.311 e. The molecule has 1 saturated carbocycles. The van der Waals surface area contributed by atoms with Gasteiger partial charge in [0.15, 0.2) is 0 Å². The van der Waals surface area contributed by atoms with E-state index < -0.39 is 0 Å². The Kier molecular flexibility index (Phi) is 3.27. The van der Waals surface area contributed by atoms with Gasteiger partial charge in [0, 0.05) is 22.5 Å². The molecule has 1 fully saturated rings. The van der Waals surface area contributed by atoms with Gasteiger partial charge in [-0.25, -0.2) is 0 Å². The molecule has 1 N–H and O–H groups in total. The van der Waals surface area contributed by atoms with Crippen molar-refractivity contribution in [2.45, 2.75) is 57.0 Å². The standard InChI is InChI=1S/C15H20BrN/c1-10(17-12-8-9-12)13-6-2-4-11-5-3-7-14(16)15(11)13/h3,5,7,10,12-13,17H,2,4,6,8-9H2,1H3. The molecule has 0 saturated heterocycles. The van der Waals surface area contributed by atoms with Crippen LogP contribution >= 0.6 is 15.9 Å². The Morgan fingerprint density at radius 1 is 1.29 bits per heavy atom. The molecule has 0 amide bonds. The van der Waals surface area contributed by atoms with Crippen molar-refractivity contribution in [3.8, 4) is 0 Å². The number of fused-ring (bicyclic) bond motifs is 1. The van der Waals surface area contributed by atoms with E-state index in [9.17, 15) is 0 Å². The maximum atomic E-state index is 3.77. The number of hydrogen-bond donors (Lipinski definition) is 1. The molecule has 0 radical (unpaired) electrons. The zero-order valence-electron chi connectivity index (χ0n) is 10.4. The number of nitrogens with one attached hydrogen (secondary N) is 1. The summed E-state index contributed by atoms with van der Waals surface area (Å²) in [6, 6.07) is 8.08. The van der Waals surface area contributed by atoms with Gasteiger partial charge < -0.3 is 5.32 Å². The first kappa shape index (κ1) is 11.7. The third-order valence-corrected chi connectivity index (χ3v) is 4.85. The van der Waals surface area contributed by atoms with Crippen LogP contribution in [0.5, 0.6) is 0 Å². The monoisotopic (exact) mass is 293 g/mol. The lowest BCUT2D eigenvalue weighted by Gasteiger charge is -2.32. The summed E-state index contributed by atoms with van der Waals surface area (Å²) in [6.45, 7) is 2.36. The molecule has 1 aromatic rings. The van der Waals surface area contributed by atoms with E-state index in [2.05, 4.69) is 46.4 Å². The molecule has 2 unspecified atom stereocenters. The lowest BCUT2D eigenvalue weighted by atomic mass is 9.79. The normalized spacial score (nSPS) is 25.4. The Balaban J connectivity index is 1.86. The van der Waals surface area contributed by atoms with Crippen LogP contribution in [0.4, 0.5) is 0 Å². The molecule has 17 heavy (non-hydrogen) atoms. The highest BCUT2D eigenvalue weighted by Crippen LogP contribution is 2.39. The Bertz CT molecular complexity index is 411. The topological polar surface area (TPSA) is 12.0 Å². The van der Waals surface area contributed by atoms with E-state index >= 15 is 0 Å². The number of benzene rings is 1. The largest absolute Gasteiger partial charge is 0.311 e. The van der Waals surface area contributed by atoms with Gasteiger partial charge in [0.2, 0.25) is 0 Å². The average molecular weight is 294 g/mol. The zero-order chi connectivity index (χ0) is 11.8. The summed E-state index contributed by atoms with van der Waals surface area (Å²) in [7, 11) is 0. The molecule has 0 aromatic heterocycles. The summed E-state index contributed by atoms with van der Waals surface area (Å²) in [5, 5.41) is 3.77. The second-order valence-electron chi connectivity index (χ2n) is 5.54. The van der Waals surface area contributed by atoms with Crippen LogP contribution in [0, 0.1) is 0 Å². The summed E-state index contributed by atoms with van der Waals surface area (Å²) in [4.78, 5) is 0. The summed E-state index contributed by atoms with van der Waals surface area (Å²) < 4.78 is 1.31. The number of rotatable bonds is 3. The third kappa shape index (κ3) is 2.43. The molecule has 0 heterocycles. The van der Waals surface area contributed by atoms with Gasteiger partial charge in [-0.3, -0.25) is 0 Å². The summed E-state index contributed by atoms with van der Waals surface area (Å²) in [5.74, 6) is 0.690. The van der Waals surface area contributed by atoms with Crippen LogP contribution in [0.2, 0.25) is 0 Å². The fraction of sp³-hybridized carbons (Fsp3) is 0.600. The van der Waals surface area contributed by atoms with E-state index in [1.54, 1.807) is 11.1 Å². The quantitative estimate of drug-likeness (QED) is 0.888. The second kappa shape index (κ2) is 4.74. The SMILES string of the molecule is CC(NC1CC1)C1CCCc2cccc(Br)c21. The highest BCUT2D eigenvalue weighted by Gasteiger charge is 2.30. The molecule has 0 aliphatic heterocycles. The maximum Gasteiger partial charge on any atom is 0.0213 e. The maximum absolute atomic E-state index is 3.77. The Labute approximate surface area is 112 Å². The lowest BCUT2D eigenvalue weighted by molar-refractivity contribution is 0.411. The summed E-state index contributed by atoms with van der Waals surface area (Å²) in [6.07, 6.45) is 6.67. The van der Waals surface area contributed by atoms with Crippen LogP contribution in [-0.2, 0) is 6.42 Å². The molecule has 2 aliphatic rings.